The maximum Gasteiger partial charge on any atom is 0.224 e. The second-order valence-corrected chi connectivity index (χ2v) is 5.67. The van der Waals surface area contributed by atoms with Gasteiger partial charge in [0.1, 0.15) is 5.76 Å². The molecule has 116 valence electrons. The summed E-state index contributed by atoms with van der Waals surface area (Å²) >= 11 is 0. The van der Waals surface area contributed by atoms with E-state index in [1.165, 1.54) is 0 Å². The molecule has 1 aromatic carbocycles. The SMILES string of the molecule is O=C(NCc1ncc(-c2ccccc2)o1)C1CC1c1ccco1. The summed E-state index contributed by atoms with van der Waals surface area (Å²) in [6.45, 7) is 0.299. The first kappa shape index (κ1) is 13.8. The van der Waals surface area contributed by atoms with Crippen molar-refractivity contribution >= 4 is 5.91 Å². The number of carbonyl (C=O) groups excluding carboxylic acids is 1. The van der Waals surface area contributed by atoms with E-state index >= 15 is 0 Å². The maximum absolute atomic E-state index is 12.1. The fraction of sp³-hybridized carbons (Fsp3) is 0.222. The van der Waals surface area contributed by atoms with Gasteiger partial charge in [0.25, 0.3) is 0 Å². The number of carbonyl (C=O) groups is 1. The lowest BCUT2D eigenvalue weighted by Gasteiger charge is -2.01. The third-order valence-corrected chi connectivity index (χ3v) is 4.06. The highest BCUT2D eigenvalue weighted by Gasteiger charge is 2.45. The Morgan fingerprint density at radius 3 is 2.87 bits per heavy atom. The molecule has 1 fully saturated rings. The van der Waals surface area contributed by atoms with Crippen molar-refractivity contribution < 1.29 is 13.6 Å². The van der Waals surface area contributed by atoms with Crippen LogP contribution >= 0.6 is 0 Å². The number of oxazole rings is 1. The molecule has 1 saturated carbocycles. The molecule has 23 heavy (non-hydrogen) atoms. The normalized spacial score (nSPS) is 19.5. The highest BCUT2D eigenvalue weighted by molar-refractivity contribution is 5.82. The van der Waals surface area contributed by atoms with Crippen LogP contribution in [-0.2, 0) is 11.3 Å². The lowest BCUT2D eigenvalue weighted by atomic mass is 10.2. The molecule has 0 bridgehead atoms. The standard InChI is InChI=1S/C18H16N2O3/c21-18(14-9-13(14)15-7-4-8-22-15)20-11-17-19-10-16(23-17)12-5-2-1-3-6-12/h1-8,10,13-14H,9,11H2,(H,20,21). The molecule has 5 heteroatoms. The minimum absolute atomic E-state index is 0.00953. The van der Waals surface area contributed by atoms with Gasteiger partial charge in [-0.1, -0.05) is 30.3 Å². The van der Waals surface area contributed by atoms with E-state index in [0.29, 0.717) is 18.2 Å². The average molecular weight is 308 g/mol. The fourth-order valence-corrected chi connectivity index (χ4v) is 2.72. The molecule has 2 aromatic heterocycles. The van der Waals surface area contributed by atoms with Crippen LogP contribution in [0.25, 0.3) is 11.3 Å². The minimum Gasteiger partial charge on any atom is -0.469 e. The quantitative estimate of drug-likeness (QED) is 0.785. The Balaban J connectivity index is 1.33. The summed E-state index contributed by atoms with van der Waals surface area (Å²) < 4.78 is 11.0. The minimum atomic E-state index is -0.00953. The zero-order valence-electron chi connectivity index (χ0n) is 12.4. The molecule has 0 aliphatic heterocycles. The first-order valence-electron chi connectivity index (χ1n) is 7.62. The van der Waals surface area contributed by atoms with Gasteiger partial charge in [-0.25, -0.2) is 4.98 Å². The van der Waals surface area contributed by atoms with Gasteiger partial charge in [-0.2, -0.15) is 0 Å². The summed E-state index contributed by atoms with van der Waals surface area (Å²) in [5.74, 6) is 2.31. The number of hydrogen-bond acceptors (Lipinski definition) is 4. The summed E-state index contributed by atoms with van der Waals surface area (Å²) in [7, 11) is 0. The Kier molecular flexibility index (Phi) is 3.46. The number of benzene rings is 1. The van der Waals surface area contributed by atoms with Gasteiger partial charge in [0.15, 0.2) is 5.76 Å². The van der Waals surface area contributed by atoms with Crippen LogP contribution in [0.5, 0.6) is 0 Å². The second kappa shape index (κ2) is 5.76. The van der Waals surface area contributed by atoms with Crippen molar-refractivity contribution in [3.8, 4) is 11.3 Å². The lowest BCUT2D eigenvalue weighted by Crippen LogP contribution is -2.24. The van der Waals surface area contributed by atoms with Gasteiger partial charge in [0, 0.05) is 17.4 Å². The smallest absolute Gasteiger partial charge is 0.224 e. The summed E-state index contributed by atoms with van der Waals surface area (Å²) in [6, 6.07) is 13.5. The molecule has 1 N–H and O–H groups in total. The molecule has 3 aromatic rings. The first-order chi connectivity index (χ1) is 11.3. The van der Waals surface area contributed by atoms with E-state index in [1.54, 1.807) is 12.5 Å². The van der Waals surface area contributed by atoms with Gasteiger partial charge in [-0.05, 0) is 18.6 Å². The van der Waals surface area contributed by atoms with E-state index in [-0.39, 0.29) is 17.7 Å². The van der Waals surface area contributed by atoms with E-state index in [1.807, 2.05) is 42.5 Å². The Bertz CT molecular complexity index is 793. The Hall–Kier alpha value is -2.82. The van der Waals surface area contributed by atoms with Crippen LogP contribution in [0.3, 0.4) is 0 Å². The molecule has 1 aliphatic carbocycles. The van der Waals surface area contributed by atoms with Crippen molar-refractivity contribution in [2.75, 3.05) is 0 Å². The molecule has 1 amide bonds. The predicted octanol–water partition coefficient (Wildman–Crippen LogP) is 3.35. The van der Waals surface area contributed by atoms with Crippen molar-refractivity contribution in [3.63, 3.8) is 0 Å². The Labute approximate surface area is 133 Å². The molecule has 1 aliphatic rings. The monoisotopic (exact) mass is 308 g/mol. The van der Waals surface area contributed by atoms with Gasteiger partial charge >= 0.3 is 0 Å². The van der Waals surface area contributed by atoms with Crippen LogP contribution in [0.15, 0.2) is 63.8 Å². The average Bonchev–Trinajstić information content (AvgIpc) is 3.02. The molecule has 0 radical (unpaired) electrons. The lowest BCUT2D eigenvalue weighted by molar-refractivity contribution is -0.122. The Morgan fingerprint density at radius 2 is 2.09 bits per heavy atom. The van der Waals surface area contributed by atoms with Gasteiger partial charge in [0.05, 0.1) is 19.0 Å². The third-order valence-electron chi connectivity index (χ3n) is 4.06. The molecule has 2 heterocycles. The number of nitrogens with one attached hydrogen (secondary N) is 1. The van der Waals surface area contributed by atoms with Crippen LogP contribution in [0.1, 0.15) is 24.0 Å². The van der Waals surface area contributed by atoms with Gasteiger partial charge in [-0.15, -0.1) is 0 Å². The molecule has 2 atom stereocenters. The molecule has 0 saturated heterocycles. The first-order valence-corrected chi connectivity index (χ1v) is 7.62. The highest BCUT2D eigenvalue weighted by Crippen LogP contribution is 2.47. The molecule has 4 rings (SSSR count). The number of aromatic nitrogens is 1. The molecule has 0 spiro atoms. The van der Waals surface area contributed by atoms with E-state index < -0.39 is 0 Å². The fourth-order valence-electron chi connectivity index (χ4n) is 2.72. The number of furan rings is 1. The molecule has 5 nitrogen and oxygen atoms in total. The Morgan fingerprint density at radius 1 is 1.22 bits per heavy atom. The molecular formula is C18H16N2O3. The van der Waals surface area contributed by atoms with Crippen molar-refractivity contribution in [1.29, 1.82) is 0 Å². The van der Waals surface area contributed by atoms with Crippen LogP contribution < -0.4 is 5.32 Å². The summed E-state index contributed by atoms with van der Waals surface area (Å²) in [6.07, 6.45) is 4.15. The van der Waals surface area contributed by atoms with E-state index in [4.69, 9.17) is 8.83 Å². The van der Waals surface area contributed by atoms with Gasteiger partial charge in [-0.3, -0.25) is 4.79 Å². The van der Waals surface area contributed by atoms with Crippen molar-refractivity contribution in [2.24, 2.45) is 5.92 Å². The number of amides is 1. The maximum atomic E-state index is 12.1. The van der Waals surface area contributed by atoms with E-state index in [2.05, 4.69) is 10.3 Å². The van der Waals surface area contributed by atoms with Crippen molar-refractivity contribution in [1.82, 2.24) is 10.3 Å². The highest BCUT2D eigenvalue weighted by atomic mass is 16.4. The largest absolute Gasteiger partial charge is 0.469 e. The number of nitrogens with zero attached hydrogens (tertiary/aromatic N) is 1. The van der Waals surface area contributed by atoms with Crippen molar-refractivity contribution in [2.45, 2.75) is 18.9 Å². The summed E-state index contributed by atoms with van der Waals surface area (Å²) in [4.78, 5) is 16.4. The molecular weight excluding hydrogens is 292 g/mol. The van der Waals surface area contributed by atoms with Crippen LogP contribution in [0.2, 0.25) is 0 Å². The third kappa shape index (κ3) is 2.90. The van der Waals surface area contributed by atoms with E-state index in [9.17, 15) is 4.79 Å². The van der Waals surface area contributed by atoms with Gasteiger partial charge in [0.2, 0.25) is 11.8 Å². The van der Waals surface area contributed by atoms with E-state index in [0.717, 1.165) is 17.7 Å². The number of rotatable bonds is 5. The van der Waals surface area contributed by atoms with Gasteiger partial charge < -0.3 is 14.2 Å². The number of hydrogen-bond donors (Lipinski definition) is 1. The topological polar surface area (TPSA) is 68.3 Å². The second-order valence-electron chi connectivity index (χ2n) is 5.67. The zero-order chi connectivity index (χ0) is 15.6. The predicted molar refractivity (Wildman–Crippen MR) is 83.3 cm³/mol. The summed E-state index contributed by atoms with van der Waals surface area (Å²) in [5.41, 5.74) is 0.970. The van der Waals surface area contributed by atoms with Crippen LogP contribution in [-0.4, -0.2) is 10.9 Å². The van der Waals surface area contributed by atoms with Crippen LogP contribution in [0.4, 0.5) is 0 Å². The molecule has 2 unspecified atom stereocenters. The zero-order valence-corrected chi connectivity index (χ0v) is 12.4. The summed E-state index contributed by atoms with van der Waals surface area (Å²) in [5, 5.41) is 2.88. The van der Waals surface area contributed by atoms with Crippen molar-refractivity contribution in [3.05, 3.63) is 66.6 Å². The van der Waals surface area contributed by atoms with Crippen LogP contribution in [0, 0.1) is 5.92 Å².